The van der Waals surface area contributed by atoms with Gasteiger partial charge in [0.05, 0.1) is 5.69 Å². The van der Waals surface area contributed by atoms with Crippen LogP contribution in [0.25, 0.3) is 22.0 Å². The number of hydrogen-bond acceptors (Lipinski definition) is 6. The van der Waals surface area contributed by atoms with Crippen LogP contribution < -0.4 is 9.64 Å². The van der Waals surface area contributed by atoms with E-state index >= 15 is 0 Å². The van der Waals surface area contributed by atoms with Crippen molar-refractivity contribution in [2.24, 2.45) is 5.92 Å². The minimum Gasteiger partial charge on any atom is -0.473 e. The molecule has 1 aliphatic rings. The third kappa shape index (κ3) is 4.78. The van der Waals surface area contributed by atoms with Crippen molar-refractivity contribution in [3.63, 3.8) is 0 Å². The standard InChI is InChI=1S/C30H35N5O/c1-21-27(15-16-34(4)30(21,2)3)35(5)28-14-13-26(32-33-28)23-11-12-24-19-31-29(18-25(24)17-23)36-20-22-9-7-6-8-10-22/h6-14,17-19,21,27H,15-16,20H2,1-5H3. The van der Waals surface area contributed by atoms with Gasteiger partial charge in [0.2, 0.25) is 5.88 Å². The third-order valence-corrected chi connectivity index (χ3v) is 8.17. The van der Waals surface area contributed by atoms with Gasteiger partial charge in [0.25, 0.3) is 0 Å². The van der Waals surface area contributed by atoms with Gasteiger partial charge in [0.15, 0.2) is 5.82 Å². The summed E-state index contributed by atoms with van der Waals surface area (Å²) in [7, 11) is 4.37. The summed E-state index contributed by atoms with van der Waals surface area (Å²) in [6, 6.07) is 23.0. The summed E-state index contributed by atoms with van der Waals surface area (Å²) in [4.78, 5) is 9.23. The van der Waals surface area contributed by atoms with Crippen molar-refractivity contribution < 1.29 is 4.74 Å². The van der Waals surface area contributed by atoms with E-state index in [1.54, 1.807) is 0 Å². The normalized spacial score (nSPS) is 19.8. The molecule has 0 radical (unpaired) electrons. The van der Waals surface area contributed by atoms with Crippen LogP contribution in [0.3, 0.4) is 0 Å². The smallest absolute Gasteiger partial charge is 0.214 e. The van der Waals surface area contributed by atoms with Crippen LogP contribution in [0.1, 0.15) is 32.8 Å². The SMILES string of the molecule is CC1C(N(C)c2ccc(-c3ccc4cnc(OCc5ccccc5)cc4c3)nn2)CCN(C)C1(C)C. The second-order valence-corrected chi connectivity index (χ2v) is 10.5. The number of pyridine rings is 1. The molecule has 1 fully saturated rings. The number of piperidine rings is 1. The van der Waals surface area contributed by atoms with Crippen molar-refractivity contribution in [3.05, 3.63) is 78.5 Å². The van der Waals surface area contributed by atoms with E-state index in [1.165, 1.54) is 0 Å². The van der Waals surface area contributed by atoms with E-state index < -0.39 is 0 Å². The fourth-order valence-electron chi connectivity index (χ4n) is 5.14. The van der Waals surface area contributed by atoms with Gasteiger partial charge in [-0.25, -0.2) is 4.98 Å². The molecule has 2 unspecified atom stereocenters. The molecule has 0 bridgehead atoms. The highest BCUT2D eigenvalue weighted by Crippen LogP contribution is 2.35. The third-order valence-electron chi connectivity index (χ3n) is 8.17. The van der Waals surface area contributed by atoms with Crippen molar-refractivity contribution >= 4 is 16.6 Å². The number of likely N-dealkylation sites (tertiary alicyclic amines) is 1. The Bertz CT molecular complexity index is 1320. The number of ether oxygens (including phenoxy) is 1. The Morgan fingerprint density at radius 3 is 2.56 bits per heavy atom. The van der Waals surface area contributed by atoms with Gasteiger partial charge in [-0.2, -0.15) is 0 Å². The van der Waals surface area contributed by atoms with E-state index in [0.29, 0.717) is 24.4 Å². The zero-order chi connectivity index (χ0) is 25.3. The van der Waals surface area contributed by atoms with Crippen LogP contribution in [0.15, 0.2) is 72.9 Å². The van der Waals surface area contributed by atoms with E-state index in [0.717, 1.165) is 46.4 Å². The predicted molar refractivity (Wildman–Crippen MR) is 146 cm³/mol. The van der Waals surface area contributed by atoms with Crippen LogP contribution in [0.4, 0.5) is 5.82 Å². The summed E-state index contributed by atoms with van der Waals surface area (Å²) >= 11 is 0. The van der Waals surface area contributed by atoms with E-state index in [-0.39, 0.29) is 5.54 Å². The Labute approximate surface area is 213 Å². The Balaban J connectivity index is 1.33. The molecule has 5 rings (SSSR count). The predicted octanol–water partition coefficient (Wildman–Crippen LogP) is 5.83. The van der Waals surface area contributed by atoms with Crippen LogP contribution in [-0.4, -0.2) is 52.3 Å². The molecule has 36 heavy (non-hydrogen) atoms. The number of rotatable bonds is 6. The second-order valence-electron chi connectivity index (χ2n) is 10.5. The first-order chi connectivity index (χ1) is 17.3. The van der Waals surface area contributed by atoms with Gasteiger partial charge in [-0.1, -0.05) is 49.4 Å². The minimum atomic E-state index is 0.147. The summed E-state index contributed by atoms with van der Waals surface area (Å²) < 4.78 is 5.93. The van der Waals surface area contributed by atoms with Crippen molar-refractivity contribution in [2.75, 3.05) is 25.5 Å². The number of benzene rings is 2. The van der Waals surface area contributed by atoms with Crippen molar-refractivity contribution in [1.29, 1.82) is 0 Å². The highest BCUT2D eigenvalue weighted by Gasteiger charge is 2.41. The maximum absolute atomic E-state index is 5.93. The number of aromatic nitrogens is 3. The van der Waals surface area contributed by atoms with E-state index in [1.807, 2.05) is 42.6 Å². The molecular formula is C30H35N5O. The van der Waals surface area contributed by atoms with Gasteiger partial charge in [0, 0.05) is 48.4 Å². The molecule has 3 heterocycles. The van der Waals surface area contributed by atoms with Gasteiger partial charge in [-0.3, -0.25) is 0 Å². The maximum atomic E-state index is 5.93. The summed E-state index contributed by atoms with van der Waals surface area (Å²) in [5.41, 5.74) is 3.15. The monoisotopic (exact) mass is 481 g/mol. The summed E-state index contributed by atoms with van der Waals surface area (Å²) in [5.74, 6) is 2.04. The van der Waals surface area contributed by atoms with Crippen molar-refractivity contribution in [2.45, 2.75) is 45.4 Å². The fraction of sp³-hybridized carbons (Fsp3) is 0.367. The lowest BCUT2D eigenvalue weighted by Gasteiger charge is -2.51. The molecule has 2 atom stereocenters. The first kappa shape index (κ1) is 24.2. The van der Waals surface area contributed by atoms with E-state index in [2.05, 4.69) is 90.2 Å². The largest absolute Gasteiger partial charge is 0.473 e. The summed E-state index contributed by atoms with van der Waals surface area (Å²) in [6.45, 7) is 8.59. The lowest BCUT2D eigenvalue weighted by molar-refractivity contribution is 0.0391. The van der Waals surface area contributed by atoms with Gasteiger partial charge in [0.1, 0.15) is 6.61 Å². The highest BCUT2D eigenvalue weighted by atomic mass is 16.5. The molecule has 1 aliphatic heterocycles. The zero-order valence-electron chi connectivity index (χ0n) is 21.8. The molecule has 6 heteroatoms. The fourth-order valence-corrected chi connectivity index (χ4v) is 5.14. The van der Waals surface area contributed by atoms with Crippen LogP contribution >= 0.6 is 0 Å². The molecule has 0 spiro atoms. The number of nitrogens with zero attached hydrogens (tertiary/aromatic N) is 5. The molecule has 2 aromatic carbocycles. The summed E-state index contributed by atoms with van der Waals surface area (Å²) in [6.07, 6.45) is 2.97. The summed E-state index contributed by atoms with van der Waals surface area (Å²) in [5, 5.41) is 11.3. The zero-order valence-corrected chi connectivity index (χ0v) is 21.8. The number of hydrogen-bond donors (Lipinski definition) is 0. The Kier molecular flexibility index (Phi) is 6.63. The van der Waals surface area contributed by atoms with Crippen LogP contribution in [0.2, 0.25) is 0 Å². The molecule has 0 amide bonds. The minimum absolute atomic E-state index is 0.147. The number of fused-ring (bicyclic) bond motifs is 1. The highest BCUT2D eigenvalue weighted by molar-refractivity contribution is 5.86. The Hall–Kier alpha value is -3.51. The molecular weight excluding hydrogens is 446 g/mol. The van der Waals surface area contributed by atoms with Gasteiger partial charge in [-0.05, 0) is 62.4 Å². The number of anilines is 1. The van der Waals surface area contributed by atoms with Crippen molar-refractivity contribution in [3.8, 4) is 17.1 Å². The first-order valence-corrected chi connectivity index (χ1v) is 12.7. The quantitative estimate of drug-likeness (QED) is 0.346. The lowest BCUT2D eigenvalue weighted by Crippen LogP contribution is -2.59. The van der Waals surface area contributed by atoms with E-state index in [4.69, 9.17) is 4.74 Å². The molecule has 6 nitrogen and oxygen atoms in total. The van der Waals surface area contributed by atoms with Gasteiger partial charge < -0.3 is 14.5 Å². The van der Waals surface area contributed by atoms with Crippen LogP contribution in [0, 0.1) is 5.92 Å². The average Bonchev–Trinajstić information content (AvgIpc) is 2.91. The van der Waals surface area contributed by atoms with Gasteiger partial charge >= 0.3 is 0 Å². The topological polar surface area (TPSA) is 54.4 Å². The van der Waals surface area contributed by atoms with Crippen LogP contribution in [-0.2, 0) is 6.61 Å². The molecule has 1 saturated heterocycles. The molecule has 0 aliphatic carbocycles. The first-order valence-electron chi connectivity index (χ1n) is 12.7. The molecule has 0 saturated carbocycles. The lowest BCUT2D eigenvalue weighted by atomic mass is 9.77. The molecule has 0 N–H and O–H groups in total. The maximum Gasteiger partial charge on any atom is 0.214 e. The second kappa shape index (κ2) is 9.86. The molecule has 186 valence electrons. The van der Waals surface area contributed by atoms with Crippen molar-refractivity contribution in [1.82, 2.24) is 20.1 Å². The molecule has 2 aromatic heterocycles. The average molecular weight is 482 g/mol. The van der Waals surface area contributed by atoms with Crippen LogP contribution in [0.5, 0.6) is 5.88 Å². The Morgan fingerprint density at radius 2 is 1.81 bits per heavy atom. The van der Waals surface area contributed by atoms with E-state index in [9.17, 15) is 0 Å². The van der Waals surface area contributed by atoms with Gasteiger partial charge in [-0.15, -0.1) is 10.2 Å². The Morgan fingerprint density at radius 1 is 1.00 bits per heavy atom. The molecule has 4 aromatic rings.